The van der Waals surface area contributed by atoms with Crippen molar-refractivity contribution in [2.24, 2.45) is 0 Å². The smallest absolute Gasteiger partial charge is 0.0819 e. The van der Waals surface area contributed by atoms with Crippen LogP contribution in [0, 0.1) is 0 Å². The molecule has 1 saturated carbocycles. The molecule has 0 unspecified atom stereocenters. The van der Waals surface area contributed by atoms with Gasteiger partial charge in [0.15, 0.2) is 0 Å². The van der Waals surface area contributed by atoms with E-state index in [1.165, 1.54) is 0 Å². The predicted octanol–water partition coefficient (Wildman–Crippen LogP) is 2.55. The highest BCUT2D eigenvalue weighted by Crippen LogP contribution is 2.30. The fourth-order valence-corrected chi connectivity index (χ4v) is 2.44. The molecule has 0 aromatic heterocycles. The molecule has 17 heavy (non-hydrogen) atoms. The summed E-state index contributed by atoms with van der Waals surface area (Å²) in [7, 11) is 1.70. The van der Waals surface area contributed by atoms with Crippen molar-refractivity contribution in [2.45, 2.75) is 37.9 Å². The standard InChI is InChI=1S/C14H21NO2/c1-17-10-12-6-2-3-7-13(12)15-11-14(16)8-4-5-9-14/h2-3,6-7,15-16H,4-5,8-11H2,1H3. The fourth-order valence-electron chi connectivity index (χ4n) is 2.44. The second-order valence-corrected chi connectivity index (χ2v) is 4.88. The number of ether oxygens (including phenoxy) is 1. The fraction of sp³-hybridized carbons (Fsp3) is 0.571. The summed E-state index contributed by atoms with van der Waals surface area (Å²) in [4.78, 5) is 0. The zero-order chi connectivity index (χ0) is 12.1. The van der Waals surface area contributed by atoms with Crippen molar-refractivity contribution in [1.82, 2.24) is 0 Å². The number of rotatable bonds is 5. The molecule has 0 atom stereocenters. The van der Waals surface area contributed by atoms with Crippen LogP contribution in [0.5, 0.6) is 0 Å². The molecular formula is C14H21NO2. The van der Waals surface area contributed by atoms with Crippen molar-refractivity contribution in [3.63, 3.8) is 0 Å². The Morgan fingerprint density at radius 2 is 2.00 bits per heavy atom. The first-order valence-corrected chi connectivity index (χ1v) is 6.27. The first-order chi connectivity index (χ1) is 8.23. The van der Waals surface area contributed by atoms with Crippen molar-refractivity contribution in [1.29, 1.82) is 0 Å². The largest absolute Gasteiger partial charge is 0.388 e. The lowest BCUT2D eigenvalue weighted by Crippen LogP contribution is -2.33. The minimum atomic E-state index is -0.514. The molecule has 0 radical (unpaired) electrons. The van der Waals surface area contributed by atoms with E-state index in [9.17, 15) is 5.11 Å². The number of para-hydroxylation sites is 1. The van der Waals surface area contributed by atoms with Crippen molar-refractivity contribution in [3.8, 4) is 0 Å². The lowest BCUT2D eigenvalue weighted by atomic mass is 10.0. The average molecular weight is 235 g/mol. The normalized spacial score (nSPS) is 18.2. The Labute approximate surface area is 103 Å². The molecule has 3 heteroatoms. The molecule has 2 N–H and O–H groups in total. The highest BCUT2D eigenvalue weighted by molar-refractivity contribution is 5.51. The number of anilines is 1. The van der Waals surface area contributed by atoms with Gasteiger partial charge in [-0.15, -0.1) is 0 Å². The maximum Gasteiger partial charge on any atom is 0.0819 e. The summed E-state index contributed by atoms with van der Waals surface area (Å²) < 4.78 is 5.16. The van der Waals surface area contributed by atoms with Gasteiger partial charge in [-0.25, -0.2) is 0 Å². The van der Waals surface area contributed by atoms with Crippen LogP contribution < -0.4 is 5.32 Å². The molecule has 1 aromatic rings. The number of benzene rings is 1. The molecule has 3 nitrogen and oxygen atoms in total. The Morgan fingerprint density at radius 3 is 2.71 bits per heavy atom. The Bertz CT molecular complexity index is 359. The first-order valence-electron chi connectivity index (χ1n) is 6.27. The number of aliphatic hydroxyl groups is 1. The summed E-state index contributed by atoms with van der Waals surface area (Å²) in [5.74, 6) is 0. The topological polar surface area (TPSA) is 41.5 Å². The Kier molecular flexibility index (Phi) is 4.02. The van der Waals surface area contributed by atoms with Crippen LogP contribution in [0.3, 0.4) is 0 Å². The van der Waals surface area contributed by atoms with Gasteiger partial charge in [0.2, 0.25) is 0 Å². The van der Waals surface area contributed by atoms with E-state index in [1.54, 1.807) is 7.11 Å². The van der Waals surface area contributed by atoms with Crippen LogP contribution in [0.4, 0.5) is 5.69 Å². The second kappa shape index (κ2) is 5.52. The maximum absolute atomic E-state index is 10.3. The number of hydrogen-bond donors (Lipinski definition) is 2. The van der Waals surface area contributed by atoms with Crippen molar-refractivity contribution in [2.75, 3.05) is 19.0 Å². The zero-order valence-electron chi connectivity index (χ0n) is 10.4. The van der Waals surface area contributed by atoms with E-state index in [1.807, 2.05) is 24.3 Å². The third kappa shape index (κ3) is 3.20. The van der Waals surface area contributed by atoms with Crippen molar-refractivity contribution in [3.05, 3.63) is 29.8 Å². The van der Waals surface area contributed by atoms with Crippen LogP contribution >= 0.6 is 0 Å². The molecule has 0 heterocycles. The summed E-state index contributed by atoms with van der Waals surface area (Å²) in [6.07, 6.45) is 4.09. The lowest BCUT2D eigenvalue weighted by molar-refractivity contribution is 0.0614. The molecule has 94 valence electrons. The minimum absolute atomic E-state index is 0.514. The summed E-state index contributed by atoms with van der Waals surface area (Å²) in [6.45, 7) is 1.23. The Hall–Kier alpha value is -1.06. The SMILES string of the molecule is COCc1ccccc1NCC1(O)CCCC1. The quantitative estimate of drug-likeness (QED) is 0.824. The molecule has 0 saturated heterocycles. The molecule has 0 bridgehead atoms. The number of hydrogen-bond acceptors (Lipinski definition) is 3. The van der Waals surface area contributed by atoms with Gasteiger partial charge in [0.1, 0.15) is 0 Å². The van der Waals surface area contributed by atoms with Crippen molar-refractivity contribution < 1.29 is 9.84 Å². The van der Waals surface area contributed by atoms with Gasteiger partial charge in [-0.2, -0.15) is 0 Å². The van der Waals surface area contributed by atoms with E-state index in [0.717, 1.165) is 36.9 Å². The third-order valence-corrected chi connectivity index (χ3v) is 3.46. The average Bonchev–Trinajstić information content (AvgIpc) is 2.76. The Morgan fingerprint density at radius 1 is 1.29 bits per heavy atom. The second-order valence-electron chi connectivity index (χ2n) is 4.88. The lowest BCUT2D eigenvalue weighted by Gasteiger charge is -2.24. The molecule has 1 aliphatic rings. The molecule has 1 aromatic carbocycles. The van der Waals surface area contributed by atoms with E-state index < -0.39 is 5.60 Å². The van der Waals surface area contributed by atoms with E-state index in [0.29, 0.717) is 13.2 Å². The van der Waals surface area contributed by atoms with Gasteiger partial charge in [-0.3, -0.25) is 0 Å². The van der Waals surface area contributed by atoms with E-state index >= 15 is 0 Å². The van der Waals surface area contributed by atoms with Crippen LogP contribution in [0.2, 0.25) is 0 Å². The maximum atomic E-state index is 10.3. The predicted molar refractivity (Wildman–Crippen MR) is 69.1 cm³/mol. The van der Waals surface area contributed by atoms with Gasteiger partial charge in [0.25, 0.3) is 0 Å². The van der Waals surface area contributed by atoms with Gasteiger partial charge in [-0.05, 0) is 18.9 Å². The molecule has 1 aliphatic carbocycles. The van der Waals surface area contributed by atoms with E-state index in [-0.39, 0.29) is 0 Å². The number of methoxy groups -OCH3 is 1. The molecule has 1 fully saturated rings. The molecule has 0 aliphatic heterocycles. The summed E-state index contributed by atoms with van der Waals surface area (Å²) in [5.41, 5.74) is 1.69. The molecule has 0 spiro atoms. The van der Waals surface area contributed by atoms with E-state index in [4.69, 9.17) is 4.74 Å². The number of nitrogens with one attached hydrogen (secondary N) is 1. The van der Waals surface area contributed by atoms with Gasteiger partial charge in [0.05, 0.1) is 12.2 Å². The highest BCUT2D eigenvalue weighted by atomic mass is 16.5. The van der Waals surface area contributed by atoms with Gasteiger partial charge >= 0.3 is 0 Å². The van der Waals surface area contributed by atoms with Crippen LogP contribution in [0.15, 0.2) is 24.3 Å². The van der Waals surface area contributed by atoms with Crippen LogP contribution in [0.1, 0.15) is 31.2 Å². The minimum Gasteiger partial charge on any atom is -0.388 e. The Balaban J connectivity index is 1.98. The molecular weight excluding hydrogens is 214 g/mol. The molecule has 2 rings (SSSR count). The van der Waals surface area contributed by atoms with Crippen LogP contribution in [-0.2, 0) is 11.3 Å². The zero-order valence-corrected chi connectivity index (χ0v) is 10.4. The molecule has 0 amide bonds. The highest BCUT2D eigenvalue weighted by Gasteiger charge is 2.30. The monoisotopic (exact) mass is 235 g/mol. The van der Waals surface area contributed by atoms with Gasteiger partial charge in [-0.1, -0.05) is 31.0 Å². The third-order valence-electron chi connectivity index (χ3n) is 3.46. The van der Waals surface area contributed by atoms with Gasteiger partial charge < -0.3 is 15.2 Å². The summed E-state index contributed by atoms with van der Waals surface area (Å²) in [6, 6.07) is 8.08. The van der Waals surface area contributed by atoms with Crippen molar-refractivity contribution >= 4 is 5.69 Å². The summed E-state index contributed by atoms with van der Waals surface area (Å²) >= 11 is 0. The first kappa shape index (κ1) is 12.4. The van der Waals surface area contributed by atoms with Crippen LogP contribution in [0.25, 0.3) is 0 Å². The summed E-state index contributed by atoms with van der Waals surface area (Å²) in [5, 5.41) is 13.6. The van der Waals surface area contributed by atoms with E-state index in [2.05, 4.69) is 5.32 Å². The van der Waals surface area contributed by atoms with Gasteiger partial charge in [0, 0.05) is 24.9 Å². The van der Waals surface area contributed by atoms with Crippen LogP contribution in [-0.4, -0.2) is 24.4 Å².